The second kappa shape index (κ2) is 5.30. The van der Waals surface area contributed by atoms with Crippen LogP contribution in [-0.4, -0.2) is 18.2 Å². The molecule has 0 aliphatic heterocycles. The first-order valence-electron chi connectivity index (χ1n) is 3.70. The molecule has 0 aromatic heterocycles. The van der Waals surface area contributed by atoms with Gasteiger partial charge in [0.05, 0.1) is 5.76 Å². The first kappa shape index (κ1) is 9.50. The topological polar surface area (TPSA) is 32.3 Å². The molecule has 0 aromatic carbocycles. The van der Waals surface area contributed by atoms with Gasteiger partial charge in [-0.05, 0) is 12.5 Å². The fourth-order valence-corrected chi connectivity index (χ4v) is 0.623. The lowest BCUT2D eigenvalue weighted by atomic mass is 10.2. The number of aliphatic hydroxyl groups excluding tert-OH is 1. The molecule has 0 aliphatic carbocycles. The molecular formula is C8H17NO. The van der Waals surface area contributed by atoms with Crippen LogP contribution in [-0.2, 0) is 0 Å². The first-order valence-corrected chi connectivity index (χ1v) is 3.70. The van der Waals surface area contributed by atoms with Gasteiger partial charge in [-0.3, -0.25) is 0 Å². The molecule has 2 nitrogen and oxygen atoms in total. The Morgan fingerprint density at radius 3 is 2.60 bits per heavy atom. The van der Waals surface area contributed by atoms with Crippen molar-refractivity contribution in [1.29, 1.82) is 0 Å². The van der Waals surface area contributed by atoms with Crippen molar-refractivity contribution < 1.29 is 5.11 Å². The Morgan fingerprint density at radius 2 is 2.20 bits per heavy atom. The largest absolute Gasteiger partial charge is 0.513 e. The molecule has 0 atom stereocenters. The number of aliphatic hydroxyl groups is 1. The molecular weight excluding hydrogens is 126 g/mol. The smallest absolute Gasteiger partial charge is 0.0863 e. The normalized spacial score (nSPS) is 10.3. The predicted molar refractivity (Wildman–Crippen MR) is 44.1 cm³/mol. The van der Waals surface area contributed by atoms with Gasteiger partial charge in [0.2, 0.25) is 0 Å². The second-order valence-corrected chi connectivity index (χ2v) is 2.91. The third-order valence-corrected chi connectivity index (χ3v) is 1.14. The van der Waals surface area contributed by atoms with Crippen molar-refractivity contribution >= 4 is 0 Å². The Morgan fingerprint density at radius 1 is 1.60 bits per heavy atom. The number of hydrogen-bond acceptors (Lipinski definition) is 2. The molecule has 0 radical (unpaired) electrons. The van der Waals surface area contributed by atoms with E-state index >= 15 is 0 Å². The van der Waals surface area contributed by atoms with Gasteiger partial charge in [-0.1, -0.05) is 20.4 Å². The van der Waals surface area contributed by atoms with E-state index in [1.54, 1.807) is 0 Å². The number of nitrogens with one attached hydrogen (secondary N) is 1. The Balaban J connectivity index is 2.98. The van der Waals surface area contributed by atoms with Crippen molar-refractivity contribution in [2.75, 3.05) is 13.1 Å². The van der Waals surface area contributed by atoms with Gasteiger partial charge in [-0.15, -0.1) is 0 Å². The Hall–Kier alpha value is -0.500. The highest BCUT2D eigenvalue weighted by atomic mass is 16.3. The van der Waals surface area contributed by atoms with Crippen LogP contribution in [0.25, 0.3) is 0 Å². The van der Waals surface area contributed by atoms with Gasteiger partial charge in [-0.2, -0.15) is 0 Å². The molecule has 0 saturated heterocycles. The van der Waals surface area contributed by atoms with Crippen LogP contribution in [0.2, 0.25) is 0 Å². The van der Waals surface area contributed by atoms with Crippen LogP contribution in [0.1, 0.15) is 20.3 Å². The zero-order valence-electron chi connectivity index (χ0n) is 6.85. The maximum absolute atomic E-state index is 8.68. The third kappa shape index (κ3) is 7.50. The molecule has 0 bridgehead atoms. The zero-order valence-corrected chi connectivity index (χ0v) is 6.85. The highest BCUT2D eigenvalue weighted by Gasteiger charge is 1.92. The van der Waals surface area contributed by atoms with Crippen molar-refractivity contribution in [2.24, 2.45) is 5.92 Å². The van der Waals surface area contributed by atoms with Crippen molar-refractivity contribution in [3.05, 3.63) is 12.3 Å². The van der Waals surface area contributed by atoms with E-state index in [2.05, 4.69) is 25.7 Å². The van der Waals surface area contributed by atoms with Gasteiger partial charge >= 0.3 is 0 Å². The number of rotatable bonds is 5. The van der Waals surface area contributed by atoms with E-state index in [1.165, 1.54) is 0 Å². The summed E-state index contributed by atoms with van der Waals surface area (Å²) in [5.41, 5.74) is 0. The summed E-state index contributed by atoms with van der Waals surface area (Å²) in [6.45, 7) is 9.53. The lowest BCUT2D eigenvalue weighted by Gasteiger charge is -2.05. The first-order chi connectivity index (χ1) is 4.63. The van der Waals surface area contributed by atoms with E-state index < -0.39 is 0 Å². The van der Waals surface area contributed by atoms with Crippen LogP contribution in [0.3, 0.4) is 0 Å². The molecule has 0 spiro atoms. The van der Waals surface area contributed by atoms with Crippen LogP contribution in [0.5, 0.6) is 0 Å². The predicted octanol–water partition coefficient (Wildman–Crippen LogP) is 1.69. The van der Waals surface area contributed by atoms with Crippen molar-refractivity contribution in [2.45, 2.75) is 20.3 Å². The summed E-state index contributed by atoms with van der Waals surface area (Å²) in [6.07, 6.45) is 0.659. The highest BCUT2D eigenvalue weighted by Crippen LogP contribution is 1.90. The maximum Gasteiger partial charge on any atom is 0.0863 e. The molecule has 0 saturated carbocycles. The van der Waals surface area contributed by atoms with E-state index in [0.29, 0.717) is 12.3 Å². The minimum absolute atomic E-state index is 0.260. The molecule has 0 amide bonds. The van der Waals surface area contributed by atoms with Gasteiger partial charge in [0.1, 0.15) is 0 Å². The fraction of sp³-hybridized carbons (Fsp3) is 0.750. The quantitative estimate of drug-likeness (QED) is 0.453. The van der Waals surface area contributed by atoms with Gasteiger partial charge in [-0.25, -0.2) is 0 Å². The Labute approximate surface area is 62.9 Å². The monoisotopic (exact) mass is 143 g/mol. The minimum atomic E-state index is 0.260. The zero-order chi connectivity index (χ0) is 7.98. The molecule has 2 N–H and O–H groups in total. The summed E-state index contributed by atoms with van der Waals surface area (Å²) >= 11 is 0. The SMILES string of the molecule is C=C(O)CCNCC(C)C. The summed E-state index contributed by atoms with van der Waals surface area (Å²) in [5.74, 6) is 0.934. The second-order valence-electron chi connectivity index (χ2n) is 2.91. The van der Waals surface area contributed by atoms with Crippen LogP contribution in [0.4, 0.5) is 0 Å². The minimum Gasteiger partial charge on any atom is -0.513 e. The van der Waals surface area contributed by atoms with Crippen molar-refractivity contribution in [1.82, 2.24) is 5.32 Å². The fourth-order valence-electron chi connectivity index (χ4n) is 0.623. The molecule has 10 heavy (non-hydrogen) atoms. The summed E-state index contributed by atoms with van der Waals surface area (Å²) in [5, 5.41) is 11.9. The summed E-state index contributed by atoms with van der Waals surface area (Å²) in [7, 11) is 0. The Bertz CT molecular complexity index is 99.4. The molecule has 0 unspecified atom stereocenters. The molecule has 0 fully saturated rings. The van der Waals surface area contributed by atoms with E-state index in [-0.39, 0.29) is 5.76 Å². The van der Waals surface area contributed by atoms with Gasteiger partial charge in [0.15, 0.2) is 0 Å². The van der Waals surface area contributed by atoms with E-state index in [1.807, 2.05) is 0 Å². The van der Waals surface area contributed by atoms with Gasteiger partial charge in [0.25, 0.3) is 0 Å². The molecule has 60 valence electrons. The summed E-state index contributed by atoms with van der Waals surface area (Å²) in [6, 6.07) is 0. The van der Waals surface area contributed by atoms with Gasteiger partial charge in [0, 0.05) is 13.0 Å². The molecule has 0 aromatic rings. The maximum atomic E-state index is 8.68. The van der Waals surface area contributed by atoms with Crippen LogP contribution >= 0.6 is 0 Å². The highest BCUT2D eigenvalue weighted by molar-refractivity contribution is 4.78. The standard InChI is InChI=1S/C8H17NO/c1-7(2)6-9-5-4-8(3)10/h7,9-10H,3-6H2,1-2H3. The molecule has 0 aliphatic rings. The van der Waals surface area contributed by atoms with E-state index in [4.69, 9.17) is 5.11 Å². The molecule has 2 heteroatoms. The molecule has 0 rings (SSSR count). The average molecular weight is 143 g/mol. The summed E-state index contributed by atoms with van der Waals surface area (Å²) < 4.78 is 0. The van der Waals surface area contributed by atoms with Gasteiger partial charge < -0.3 is 10.4 Å². The van der Waals surface area contributed by atoms with Crippen molar-refractivity contribution in [3.8, 4) is 0 Å². The van der Waals surface area contributed by atoms with E-state index in [0.717, 1.165) is 13.1 Å². The lowest BCUT2D eigenvalue weighted by molar-refractivity contribution is 0.384. The van der Waals surface area contributed by atoms with Crippen LogP contribution in [0.15, 0.2) is 12.3 Å². The van der Waals surface area contributed by atoms with Crippen LogP contribution < -0.4 is 5.32 Å². The van der Waals surface area contributed by atoms with Crippen LogP contribution in [0, 0.1) is 5.92 Å². The lowest BCUT2D eigenvalue weighted by Crippen LogP contribution is -2.20. The average Bonchev–Trinajstić information content (AvgIpc) is 1.79. The Kier molecular flexibility index (Phi) is 5.03. The summed E-state index contributed by atoms with van der Waals surface area (Å²) in [4.78, 5) is 0. The third-order valence-electron chi connectivity index (χ3n) is 1.14. The van der Waals surface area contributed by atoms with E-state index in [9.17, 15) is 0 Å². The molecule has 0 heterocycles. The number of hydrogen-bond donors (Lipinski definition) is 2. The van der Waals surface area contributed by atoms with Crippen molar-refractivity contribution in [3.63, 3.8) is 0 Å².